The second kappa shape index (κ2) is 6.32. The van der Waals surface area contributed by atoms with Crippen molar-refractivity contribution in [3.8, 4) is 0 Å². The van der Waals surface area contributed by atoms with E-state index < -0.39 is 0 Å². The number of hydrogen-bond donors (Lipinski definition) is 0. The Bertz CT molecular complexity index is 730. The van der Waals surface area contributed by atoms with Crippen LogP contribution < -0.4 is 0 Å². The number of likely N-dealkylation sites (N-methyl/N-ethyl adjacent to an activating group) is 1. The SMILES string of the molecule is CC.CCN1C(CCC(=O)c2sccc2C)=NC23C=CC=CC12C3. The predicted molar refractivity (Wildman–Crippen MR) is 102 cm³/mol. The quantitative estimate of drug-likeness (QED) is 0.721. The van der Waals surface area contributed by atoms with Crippen molar-refractivity contribution in [3.63, 3.8) is 0 Å². The van der Waals surface area contributed by atoms with Crippen molar-refractivity contribution >= 4 is 23.0 Å². The molecule has 24 heavy (non-hydrogen) atoms. The Balaban J connectivity index is 0.000000815. The van der Waals surface area contributed by atoms with E-state index in [0.29, 0.717) is 6.42 Å². The Kier molecular flexibility index (Phi) is 4.52. The van der Waals surface area contributed by atoms with Gasteiger partial charge in [-0.3, -0.25) is 9.79 Å². The van der Waals surface area contributed by atoms with Crippen LogP contribution in [-0.2, 0) is 0 Å². The van der Waals surface area contributed by atoms with E-state index in [2.05, 4.69) is 36.1 Å². The van der Waals surface area contributed by atoms with E-state index in [1.54, 1.807) is 11.3 Å². The molecule has 128 valence electrons. The molecule has 0 N–H and O–H groups in total. The molecule has 2 atom stereocenters. The van der Waals surface area contributed by atoms with E-state index >= 15 is 0 Å². The third kappa shape index (κ3) is 2.39. The van der Waals surface area contributed by atoms with Crippen LogP contribution in [0.3, 0.4) is 0 Å². The van der Waals surface area contributed by atoms with Crippen LogP contribution >= 0.6 is 11.3 Å². The van der Waals surface area contributed by atoms with Gasteiger partial charge in [0, 0.05) is 25.8 Å². The van der Waals surface area contributed by atoms with Crippen LogP contribution in [0, 0.1) is 6.92 Å². The molecule has 1 fully saturated rings. The van der Waals surface area contributed by atoms with E-state index in [1.807, 2.05) is 32.2 Å². The minimum atomic E-state index is -0.0327. The van der Waals surface area contributed by atoms with E-state index in [9.17, 15) is 4.79 Å². The number of ketones is 1. The molecule has 0 spiro atoms. The molecule has 0 amide bonds. The molecule has 3 aliphatic rings. The van der Waals surface area contributed by atoms with Crippen molar-refractivity contribution < 1.29 is 4.79 Å². The maximum Gasteiger partial charge on any atom is 0.173 e. The lowest BCUT2D eigenvalue weighted by molar-refractivity contribution is 0.0987. The Labute approximate surface area is 148 Å². The minimum absolute atomic E-state index is 0.0327. The summed E-state index contributed by atoms with van der Waals surface area (Å²) in [5, 5.41) is 1.99. The molecule has 2 unspecified atom stereocenters. The Morgan fingerprint density at radius 2 is 2.08 bits per heavy atom. The van der Waals surface area contributed by atoms with Crippen LogP contribution in [0.1, 0.15) is 55.3 Å². The van der Waals surface area contributed by atoms with E-state index in [4.69, 9.17) is 4.99 Å². The molecule has 3 nitrogen and oxygen atoms in total. The van der Waals surface area contributed by atoms with Gasteiger partial charge in [-0.15, -0.1) is 11.3 Å². The Hall–Kier alpha value is -1.68. The van der Waals surface area contributed by atoms with Gasteiger partial charge in [0.2, 0.25) is 0 Å². The van der Waals surface area contributed by atoms with Crippen LogP contribution in [0.2, 0.25) is 0 Å². The number of aryl methyl sites for hydroxylation is 1. The topological polar surface area (TPSA) is 32.7 Å². The first kappa shape index (κ1) is 17.2. The summed E-state index contributed by atoms with van der Waals surface area (Å²) in [7, 11) is 0. The number of thiophene rings is 1. The van der Waals surface area contributed by atoms with Gasteiger partial charge in [-0.25, -0.2) is 0 Å². The van der Waals surface area contributed by atoms with Gasteiger partial charge in [0.1, 0.15) is 11.4 Å². The van der Waals surface area contributed by atoms with E-state index in [1.165, 1.54) is 0 Å². The van der Waals surface area contributed by atoms with Gasteiger partial charge >= 0.3 is 0 Å². The van der Waals surface area contributed by atoms with Crippen LogP contribution in [0.15, 0.2) is 40.7 Å². The van der Waals surface area contributed by atoms with Crippen molar-refractivity contribution in [2.75, 3.05) is 6.54 Å². The number of carbonyl (C=O) groups is 1. The molecule has 1 aromatic rings. The fourth-order valence-electron chi connectivity index (χ4n) is 3.97. The fourth-order valence-corrected chi connectivity index (χ4v) is 4.86. The number of allylic oxidation sites excluding steroid dienone is 2. The van der Waals surface area contributed by atoms with Crippen molar-refractivity contribution in [2.45, 2.75) is 58.0 Å². The summed E-state index contributed by atoms with van der Waals surface area (Å²) in [6.45, 7) is 9.13. The number of aliphatic imine (C=N–C) groups is 1. The lowest BCUT2D eigenvalue weighted by Crippen LogP contribution is -2.40. The Morgan fingerprint density at radius 1 is 1.33 bits per heavy atom. The lowest BCUT2D eigenvalue weighted by Gasteiger charge is -2.29. The second-order valence-electron chi connectivity index (χ2n) is 6.37. The van der Waals surface area contributed by atoms with Crippen LogP contribution in [0.5, 0.6) is 0 Å². The molecule has 0 aromatic carbocycles. The van der Waals surface area contributed by atoms with E-state index in [-0.39, 0.29) is 16.9 Å². The summed E-state index contributed by atoms with van der Waals surface area (Å²) < 4.78 is 0. The summed E-state index contributed by atoms with van der Waals surface area (Å²) >= 11 is 1.55. The summed E-state index contributed by atoms with van der Waals surface area (Å²) in [6.07, 6.45) is 11.1. The first-order valence-corrected chi connectivity index (χ1v) is 9.80. The molecular weight excluding hydrogens is 316 g/mol. The zero-order chi connectivity index (χ0) is 17.4. The van der Waals surface area contributed by atoms with Gasteiger partial charge in [-0.1, -0.05) is 38.2 Å². The third-order valence-corrected chi connectivity index (χ3v) is 6.21. The summed E-state index contributed by atoms with van der Waals surface area (Å²) in [4.78, 5) is 20.7. The summed E-state index contributed by atoms with van der Waals surface area (Å²) in [5.41, 5.74) is 1.14. The van der Waals surface area contributed by atoms with Gasteiger partial charge in [0.25, 0.3) is 0 Å². The van der Waals surface area contributed by atoms with Gasteiger partial charge in [-0.05, 0) is 30.9 Å². The van der Waals surface area contributed by atoms with Crippen molar-refractivity contribution in [1.29, 1.82) is 0 Å². The highest BCUT2D eigenvalue weighted by atomic mass is 32.1. The third-order valence-electron chi connectivity index (χ3n) is 5.15. The maximum atomic E-state index is 12.4. The van der Waals surface area contributed by atoms with Crippen LogP contribution in [0.25, 0.3) is 0 Å². The first-order chi connectivity index (χ1) is 11.6. The molecule has 4 rings (SSSR count). The molecule has 0 saturated heterocycles. The van der Waals surface area contributed by atoms with Crippen molar-refractivity contribution in [1.82, 2.24) is 4.90 Å². The second-order valence-corrected chi connectivity index (χ2v) is 7.29. The van der Waals surface area contributed by atoms with Gasteiger partial charge < -0.3 is 4.90 Å². The predicted octanol–water partition coefficient (Wildman–Crippen LogP) is 4.79. The fraction of sp³-hybridized carbons (Fsp3) is 0.500. The normalized spacial score (nSPS) is 28.7. The van der Waals surface area contributed by atoms with Gasteiger partial charge in [0.15, 0.2) is 5.78 Å². The lowest BCUT2D eigenvalue weighted by atomic mass is 10.0. The molecule has 1 aliphatic heterocycles. The number of Topliss-reactive ketones (excluding diaryl/α,β-unsaturated/α-hetero) is 1. The molecule has 1 aromatic heterocycles. The van der Waals surface area contributed by atoms with Crippen LogP contribution in [0.4, 0.5) is 0 Å². The molecule has 4 heteroatoms. The highest BCUT2D eigenvalue weighted by Crippen LogP contribution is 2.62. The average molecular weight is 343 g/mol. The maximum absolute atomic E-state index is 12.4. The number of hydrogen-bond acceptors (Lipinski definition) is 4. The summed E-state index contributed by atoms with van der Waals surface area (Å²) in [6, 6.07) is 2.01. The highest BCUT2D eigenvalue weighted by molar-refractivity contribution is 7.12. The molecular formula is C20H26N2OS. The number of amidine groups is 1. The van der Waals surface area contributed by atoms with Crippen molar-refractivity contribution in [2.24, 2.45) is 4.99 Å². The average Bonchev–Trinajstić information content (AvgIpc) is 2.92. The number of rotatable bonds is 5. The standard InChI is InChI=1S/C18H20N2OS.C2H6/c1-3-20-15(7-6-14(21)16-13(2)8-11-22-16)19-17-9-4-5-10-18(17,20)12-17;1-2/h4-5,8-11H,3,6-7,12H2,1-2H3;1-2H3. The zero-order valence-electron chi connectivity index (χ0n) is 15.0. The number of nitrogens with zero attached hydrogens (tertiary/aromatic N) is 2. The monoisotopic (exact) mass is 342 g/mol. The first-order valence-electron chi connectivity index (χ1n) is 8.93. The smallest absolute Gasteiger partial charge is 0.173 e. The molecule has 0 bridgehead atoms. The van der Waals surface area contributed by atoms with Crippen LogP contribution in [-0.4, -0.2) is 34.1 Å². The summed E-state index contributed by atoms with van der Waals surface area (Å²) in [5.74, 6) is 1.35. The Morgan fingerprint density at radius 3 is 2.75 bits per heavy atom. The van der Waals surface area contributed by atoms with Gasteiger partial charge in [0.05, 0.1) is 10.4 Å². The number of carbonyl (C=O) groups excluding carboxylic acids is 1. The zero-order valence-corrected chi connectivity index (χ0v) is 15.8. The molecule has 0 radical (unpaired) electrons. The molecule has 1 saturated carbocycles. The van der Waals surface area contributed by atoms with Crippen molar-refractivity contribution in [3.05, 3.63) is 46.2 Å². The minimum Gasteiger partial charge on any atom is -0.349 e. The van der Waals surface area contributed by atoms with Gasteiger partial charge in [-0.2, -0.15) is 0 Å². The molecule has 2 aliphatic carbocycles. The molecule has 2 heterocycles. The van der Waals surface area contributed by atoms with E-state index in [0.717, 1.165) is 35.7 Å². The highest BCUT2D eigenvalue weighted by Gasteiger charge is 2.72. The largest absolute Gasteiger partial charge is 0.349 e.